The first-order valence-electron chi connectivity index (χ1n) is 4.81. The topological polar surface area (TPSA) is 93.4 Å². The van der Waals surface area contributed by atoms with Crippen LogP contribution in [0.25, 0.3) is 0 Å². The Kier molecular flexibility index (Phi) is 2.84. The fraction of sp³-hybridized carbons (Fsp3) is 0.333. The lowest BCUT2D eigenvalue weighted by atomic mass is 10.4. The number of carbonyl (C=O) groups is 1. The van der Waals surface area contributed by atoms with Crippen LogP contribution in [0, 0.1) is 5.95 Å². The molecule has 92 valence electrons. The molecule has 0 saturated carbocycles. The van der Waals surface area contributed by atoms with E-state index in [4.69, 9.17) is 5.14 Å². The van der Waals surface area contributed by atoms with Gasteiger partial charge in [0.1, 0.15) is 5.25 Å². The van der Waals surface area contributed by atoms with Crippen LogP contribution in [0.3, 0.4) is 0 Å². The number of primary sulfonamides is 1. The molecular weight excluding hydrogens is 249 g/mol. The van der Waals surface area contributed by atoms with Gasteiger partial charge < -0.3 is 4.90 Å². The molecule has 0 spiro atoms. The largest absolute Gasteiger partial charge is 0.309 e. The molecule has 1 aromatic heterocycles. The number of aromatic nitrogens is 1. The van der Waals surface area contributed by atoms with Gasteiger partial charge in [-0.25, -0.2) is 18.5 Å². The molecule has 1 saturated heterocycles. The molecule has 1 aliphatic heterocycles. The highest BCUT2D eigenvalue weighted by molar-refractivity contribution is 7.89. The van der Waals surface area contributed by atoms with Gasteiger partial charge in [0, 0.05) is 13.0 Å². The van der Waals surface area contributed by atoms with Crippen LogP contribution in [-0.4, -0.2) is 31.1 Å². The van der Waals surface area contributed by atoms with Gasteiger partial charge in [-0.05, 0) is 12.1 Å². The van der Waals surface area contributed by atoms with E-state index in [1.807, 2.05) is 0 Å². The first kappa shape index (κ1) is 11.9. The van der Waals surface area contributed by atoms with Crippen molar-refractivity contribution in [2.45, 2.75) is 11.7 Å². The van der Waals surface area contributed by atoms with Crippen LogP contribution in [0.5, 0.6) is 0 Å². The van der Waals surface area contributed by atoms with Crippen molar-refractivity contribution < 1.29 is 17.6 Å². The third kappa shape index (κ3) is 2.42. The van der Waals surface area contributed by atoms with Gasteiger partial charge in [-0.1, -0.05) is 0 Å². The lowest BCUT2D eigenvalue weighted by molar-refractivity contribution is -0.117. The first-order valence-corrected chi connectivity index (χ1v) is 6.42. The molecule has 0 aromatic carbocycles. The van der Waals surface area contributed by atoms with Crippen molar-refractivity contribution in [2.24, 2.45) is 5.14 Å². The van der Waals surface area contributed by atoms with E-state index in [0.717, 1.165) is 6.07 Å². The molecule has 0 bridgehead atoms. The fourth-order valence-corrected chi connectivity index (χ4v) is 2.40. The second-order valence-corrected chi connectivity index (χ2v) is 5.60. The van der Waals surface area contributed by atoms with E-state index in [-0.39, 0.29) is 18.9 Å². The average Bonchev–Trinajstić information content (AvgIpc) is 2.61. The van der Waals surface area contributed by atoms with E-state index in [9.17, 15) is 17.6 Å². The smallest absolute Gasteiger partial charge is 0.228 e. The van der Waals surface area contributed by atoms with Crippen LogP contribution in [0.15, 0.2) is 18.3 Å². The molecule has 0 radical (unpaired) electrons. The summed E-state index contributed by atoms with van der Waals surface area (Å²) < 4.78 is 34.9. The predicted molar refractivity (Wildman–Crippen MR) is 58.1 cm³/mol. The Hall–Kier alpha value is -1.54. The summed E-state index contributed by atoms with van der Waals surface area (Å²) in [7, 11) is -3.74. The van der Waals surface area contributed by atoms with Crippen molar-refractivity contribution in [3.63, 3.8) is 0 Å². The van der Waals surface area contributed by atoms with Gasteiger partial charge in [0.2, 0.25) is 21.9 Å². The number of amides is 1. The van der Waals surface area contributed by atoms with Gasteiger partial charge in [0.15, 0.2) is 0 Å². The number of nitrogens with two attached hydrogens (primary N) is 1. The highest BCUT2D eigenvalue weighted by atomic mass is 32.2. The standard InChI is InChI=1S/C9H10FN3O3S/c10-8-2-1-6(4-12-8)13-5-7(3-9(13)14)17(11,15)16/h1-2,4,7H,3,5H2,(H2,11,15,16). The number of hydrogen-bond donors (Lipinski definition) is 1. The Labute approximate surface area is 97.3 Å². The van der Waals surface area contributed by atoms with E-state index in [2.05, 4.69) is 4.98 Å². The van der Waals surface area contributed by atoms with Crippen molar-refractivity contribution >= 4 is 21.6 Å². The molecule has 2 N–H and O–H groups in total. The minimum absolute atomic E-state index is 0.0228. The van der Waals surface area contributed by atoms with Crippen molar-refractivity contribution in [2.75, 3.05) is 11.4 Å². The molecule has 17 heavy (non-hydrogen) atoms. The van der Waals surface area contributed by atoms with E-state index in [0.29, 0.717) is 5.69 Å². The van der Waals surface area contributed by atoms with Crippen LogP contribution in [0.1, 0.15) is 6.42 Å². The van der Waals surface area contributed by atoms with Gasteiger partial charge in [-0.15, -0.1) is 0 Å². The summed E-state index contributed by atoms with van der Waals surface area (Å²) in [5, 5.41) is 4.07. The zero-order valence-electron chi connectivity index (χ0n) is 8.71. The van der Waals surface area contributed by atoms with E-state index < -0.39 is 21.2 Å². The predicted octanol–water partition coefficient (Wildman–Crippen LogP) is -0.385. The molecule has 1 amide bonds. The van der Waals surface area contributed by atoms with Crippen LogP contribution in [-0.2, 0) is 14.8 Å². The summed E-state index contributed by atoms with van der Waals surface area (Å²) in [5.41, 5.74) is 0.363. The van der Waals surface area contributed by atoms with Crippen LogP contribution < -0.4 is 10.0 Å². The van der Waals surface area contributed by atoms with Crippen LogP contribution >= 0.6 is 0 Å². The van der Waals surface area contributed by atoms with E-state index in [1.54, 1.807) is 0 Å². The second-order valence-electron chi connectivity index (χ2n) is 3.76. The average molecular weight is 259 g/mol. The molecule has 1 unspecified atom stereocenters. The Morgan fingerprint density at radius 1 is 1.47 bits per heavy atom. The molecule has 0 aliphatic carbocycles. The van der Waals surface area contributed by atoms with Gasteiger partial charge >= 0.3 is 0 Å². The summed E-state index contributed by atoms with van der Waals surface area (Å²) in [6, 6.07) is 2.47. The minimum Gasteiger partial charge on any atom is -0.309 e. The summed E-state index contributed by atoms with van der Waals surface area (Å²) in [4.78, 5) is 16.2. The Balaban J connectivity index is 2.24. The van der Waals surface area contributed by atoms with Crippen molar-refractivity contribution in [1.82, 2.24) is 4.98 Å². The van der Waals surface area contributed by atoms with E-state index >= 15 is 0 Å². The van der Waals surface area contributed by atoms with Crippen molar-refractivity contribution in [1.29, 1.82) is 0 Å². The summed E-state index contributed by atoms with van der Waals surface area (Å²) in [6.45, 7) is -0.0228. The summed E-state index contributed by atoms with van der Waals surface area (Å²) in [5.74, 6) is -1.03. The maximum atomic E-state index is 12.6. The molecule has 1 fully saturated rings. The number of nitrogens with zero attached hydrogens (tertiary/aromatic N) is 2. The van der Waals surface area contributed by atoms with Crippen molar-refractivity contribution in [3.8, 4) is 0 Å². The molecule has 8 heteroatoms. The first-order chi connectivity index (χ1) is 7.88. The molecule has 1 aromatic rings. The number of hydrogen-bond acceptors (Lipinski definition) is 4. The van der Waals surface area contributed by atoms with Crippen LogP contribution in [0.4, 0.5) is 10.1 Å². The quantitative estimate of drug-likeness (QED) is 0.732. The number of carbonyl (C=O) groups excluding carboxylic acids is 1. The molecular formula is C9H10FN3O3S. The Morgan fingerprint density at radius 3 is 2.65 bits per heavy atom. The number of halogens is 1. The zero-order valence-corrected chi connectivity index (χ0v) is 9.52. The van der Waals surface area contributed by atoms with E-state index in [1.165, 1.54) is 17.2 Å². The number of sulfonamides is 1. The molecule has 6 nitrogen and oxygen atoms in total. The van der Waals surface area contributed by atoms with Gasteiger partial charge in [-0.2, -0.15) is 4.39 Å². The third-order valence-electron chi connectivity index (χ3n) is 2.58. The third-order valence-corrected chi connectivity index (χ3v) is 3.82. The lowest BCUT2D eigenvalue weighted by Crippen LogP contribution is -2.32. The second kappa shape index (κ2) is 4.04. The SMILES string of the molecule is NS(=O)(=O)C1CC(=O)N(c2ccc(F)nc2)C1. The number of rotatable bonds is 2. The summed E-state index contributed by atoms with van der Waals surface area (Å²) in [6.07, 6.45) is 1.02. The van der Waals surface area contributed by atoms with Gasteiger partial charge in [0.25, 0.3) is 0 Å². The lowest BCUT2D eigenvalue weighted by Gasteiger charge is -2.15. The normalized spacial score (nSPS) is 20.9. The monoisotopic (exact) mass is 259 g/mol. The maximum absolute atomic E-state index is 12.6. The highest BCUT2D eigenvalue weighted by Gasteiger charge is 2.37. The Morgan fingerprint density at radius 2 is 2.18 bits per heavy atom. The number of pyridine rings is 1. The number of anilines is 1. The van der Waals surface area contributed by atoms with Crippen molar-refractivity contribution in [3.05, 3.63) is 24.3 Å². The molecule has 1 atom stereocenters. The molecule has 2 rings (SSSR count). The minimum atomic E-state index is -3.74. The van der Waals surface area contributed by atoms with Gasteiger partial charge in [-0.3, -0.25) is 4.79 Å². The summed E-state index contributed by atoms with van der Waals surface area (Å²) >= 11 is 0. The molecule has 1 aliphatic rings. The Bertz CT molecular complexity index is 543. The van der Waals surface area contributed by atoms with Gasteiger partial charge in [0.05, 0.1) is 11.9 Å². The zero-order chi connectivity index (χ0) is 12.6. The maximum Gasteiger partial charge on any atom is 0.228 e. The fourth-order valence-electron chi connectivity index (χ4n) is 1.67. The highest BCUT2D eigenvalue weighted by Crippen LogP contribution is 2.23. The molecule has 2 heterocycles. The van der Waals surface area contributed by atoms with Crippen LogP contribution in [0.2, 0.25) is 0 Å².